The number of nitrogens with one attached hydrogen (secondary N) is 2. The first kappa shape index (κ1) is 17.3. The van der Waals surface area contributed by atoms with E-state index >= 15 is 0 Å². The highest BCUT2D eigenvalue weighted by Gasteiger charge is 2.05. The van der Waals surface area contributed by atoms with Gasteiger partial charge in [0.25, 0.3) is 0 Å². The molecule has 0 saturated carbocycles. The van der Waals surface area contributed by atoms with E-state index in [0.717, 1.165) is 16.8 Å². The maximum Gasteiger partial charge on any atom is 0.191 e. The van der Waals surface area contributed by atoms with Gasteiger partial charge in [0.05, 0.1) is 12.2 Å². The van der Waals surface area contributed by atoms with Gasteiger partial charge in [-0.15, -0.1) is 11.3 Å². The summed E-state index contributed by atoms with van der Waals surface area (Å²) in [4.78, 5) is 9.78. The average Bonchev–Trinajstić information content (AvgIpc) is 2.80. The second kappa shape index (κ2) is 8.01. The molecule has 0 amide bonds. The molecule has 0 bridgehead atoms. The Labute approximate surface area is 138 Å². The molecule has 4 nitrogen and oxygen atoms in total. The Bertz CT molecular complexity index is 658. The van der Waals surface area contributed by atoms with Gasteiger partial charge in [-0.1, -0.05) is 0 Å². The van der Waals surface area contributed by atoms with Gasteiger partial charge in [0.2, 0.25) is 0 Å². The summed E-state index contributed by atoms with van der Waals surface area (Å²) in [5.74, 6) is -0.485. The second-order valence-corrected chi connectivity index (χ2v) is 6.42. The Morgan fingerprint density at radius 1 is 1.17 bits per heavy atom. The molecule has 124 valence electrons. The minimum absolute atomic E-state index is 0.505. The number of guanidine groups is 1. The van der Waals surface area contributed by atoms with E-state index in [1.54, 1.807) is 18.4 Å². The predicted octanol–water partition coefficient (Wildman–Crippen LogP) is 2.95. The first-order chi connectivity index (χ1) is 11.0. The van der Waals surface area contributed by atoms with E-state index in [2.05, 4.69) is 20.6 Å². The quantitative estimate of drug-likeness (QED) is 0.651. The van der Waals surface area contributed by atoms with Crippen molar-refractivity contribution in [3.05, 3.63) is 51.0 Å². The zero-order chi connectivity index (χ0) is 16.8. The lowest BCUT2D eigenvalue weighted by molar-refractivity contribution is 0.579. The standard InChI is InChI=1S/C16H20F2N4S/c1-10-11(2)23-15(22-10)9-21-16(19-3)20-5-4-12-6-13(17)8-14(18)7-12/h6-8H,4-5,9H2,1-3H3,(H2,19,20,21). The molecule has 1 aromatic heterocycles. The van der Waals surface area contributed by atoms with Crippen molar-refractivity contribution in [2.45, 2.75) is 26.8 Å². The van der Waals surface area contributed by atoms with Gasteiger partial charge in [-0.05, 0) is 38.0 Å². The largest absolute Gasteiger partial charge is 0.356 e. The number of rotatable bonds is 5. The Morgan fingerprint density at radius 2 is 1.87 bits per heavy atom. The summed E-state index contributed by atoms with van der Waals surface area (Å²) in [7, 11) is 1.68. The predicted molar refractivity (Wildman–Crippen MR) is 89.9 cm³/mol. The van der Waals surface area contributed by atoms with Crippen molar-refractivity contribution in [2.75, 3.05) is 13.6 Å². The summed E-state index contributed by atoms with van der Waals surface area (Å²) in [6.45, 7) is 5.15. The smallest absolute Gasteiger partial charge is 0.191 e. The van der Waals surface area contributed by atoms with E-state index in [-0.39, 0.29) is 0 Å². The molecule has 23 heavy (non-hydrogen) atoms. The van der Waals surface area contributed by atoms with Crippen molar-refractivity contribution in [1.82, 2.24) is 15.6 Å². The molecule has 1 aromatic carbocycles. The Kier molecular flexibility index (Phi) is 6.04. The molecule has 0 unspecified atom stereocenters. The monoisotopic (exact) mass is 338 g/mol. The number of nitrogens with zero attached hydrogens (tertiary/aromatic N) is 2. The molecule has 0 spiro atoms. The highest BCUT2D eigenvalue weighted by molar-refractivity contribution is 7.11. The van der Waals surface area contributed by atoms with Gasteiger partial charge in [-0.25, -0.2) is 13.8 Å². The second-order valence-electron chi connectivity index (χ2n) is 5.13. The first-order valence-corrected chi connectivity index (χ1v) is 8.12. The summed E-state index contributed by atoms with van der Waals surface area (Å²) in [6.07, 6.45) is 0.505. The number of hydrogen-bond donors (Lipinski definition) is 2. The number of halogens is 2. The van der Waals surface area contributed by atoms with Crippen molar-refractivity contribution < 1.29 is 8.78 Å². The molecule has 7 heteroatoms. The van der Waals surface area contributed by atoms with E-state index in [1.807, 2.05) is 13.8 Å². The molecule has 0 aliphatic rings. The van der Waals surface area contributed by atoms with Crippen molar-refractivity contribution in [3.8, 4) is 0 Å². The lowest BCUT2D eigenvalue weighted by Gasteiger charge is -2.11. The maximum absolute atomic E-state index is 13.1. The van der Waals surface area contributed by atoms with Crippen LogP contribution in [0.1, 0.15) is 21.1 Å². The Balaban J connectivity index is 1.81. The fourth-order valence-corrected chi connectivity index (χ4v) is 2.95. The first-order valence-electron chi connectivity index (χ1n) is 7.30. The highest BCUT2D eigenvalue weighted by Crippen LogP contribution is 2.15. The van der Waals surface area contributed by atoms with Crippen molar-refractivity contribution in [3.63, 3.8) is 0 Å². The van der Waals surface area contributed by atoms with E-state index in [0.29, 0.717) is 31.0 Å². The molecule has 2 N–H and O–H groups in total. The normalized spacial score (nSPS) is 11.6. The topological polar surface area (TPSA) is 49.3 Å². The van der Waals surface area contributed by atoms with Crippen LogP contribution >= 0.6 is 11.3 Å². The fraction of sp³-hybridized carbons (Fsp3) is 0.375. The van der Waals surface area contributed by atoms with Crippen LogP contribution in [0.4, 0.5) is 8.78 Å². The zero-order valence-corrected chi connectivity index (χ0v) is 14.2. The van der Waals surface area contributed by atoms with Gasteiger partial charge in [-0.3, -0.25) is 4.99 Å². The number of thiazole rings is 1. The Morgan fingerprint density at radius 3 is 2.43 bits per heavy atom. The fourth-order valence-electron chi connectivity index (χ4n) is 2.08. The van der Waals surface area contributed by atoms with Crippen LogP contribution in [0.25, 0.3) is 0 Å². The number of benzene rings is 1. The molecule has 1 heterocycles. The number of hydrogen-bond acceptors (Lipinski definition) is 3. The maximum atomic E-state index is 13.1. The summed E-state index contributed by atoms with van der Waals surface area (Å²) in [6, 6.07) is 3.54. The van der Waals surface area contributed by atoms with Gasteiger partial charge in [0, 0.05) is 24.5 Å². The molecule has 0 radical (unpaired) electrons. The SMILES string of the molecule is CN=C(NCCc1cc(F)cc(F)c1)NCc1nc(C)c(C)s1. The Hall–Kier alpha value is -2.02. The van der Waals surface area contributed by atoms with Crippen molar-refractivity contribution in [1.29, 1.82) is 0 Å². The van der Waals surface area contributed by atoms with Crippen molar-refractivity contribution >= 4 is 17.3 Å². The summed E-state index contributed by atoms with van der Waals surface area (Å²) in [5, 5.41) is 7.29. The van der Waals surface area contributed by atoms with Crippen molar-refractivity contribution in [2.24, 2.45) is 4.99 Å². The lowest BCUT2D eigenvalue weighted by Crippen LogP contribution is -2.37. The third-order valence-corrected chi connectivity index (χ3v) is 4.40. The van der Waals surface area contributed by atoms with Crippen LogP contribution in [0.15, 0.2) is 23.2 Å². The molecule has 0 aliphatic carbocycles. The van der Waals surface area contributed by atoms with Crippen LogP contribution in [0.2, 0.25) is 0 Å². The van der Waals surface area contributed by atoms with Crippen LogP contribution in [0, 0.1) is 25.5 Å². The minimum atomic E-state index is -0.558. The lowest BCUT2D eigenvalue weighted by atomic mass is 10.1. The van der Waals surface area contributed by atoms with Gasteiger partial charge >= 0.3 is 0 Å². The summed E-state index contributed by atoms with van der Waals surface area (Å²) < 4.78 is 26.2. The average molecular weight is 338 g/mol. The molecule has 2 aromatic rings. The zero-order valence-electron chi connectivity index (χ0n) is 13.4. The molecular weight excluding hydrogens is 318 g/mol. The molecule has 0 fully saturated rings. The van der Waals surface area contributed by atoms with Crippen LogP contribution in [-0.4, -0.2) is 24.5 Å². The number of aryl methyl sites for hydroxylation is 2. The number of aliphatic imine (C=N–C) groups is 1. The number of aromatic nitrogens is 1. The molecule has 0 atom stereocenters. The third kappa shape index (κ3) is 5.28. The third-order valence-electron chi connectivity index (χ3n) is 3.33. The molecule has 0 saturated heterocycles. The van der Waals surface area contributed by atoms with Crippen LogP contribution in [0.5, 0.6) is 0 Å². The van der Waals surface area contributed by atoms with Crippen LogP contribution < -0.4 is 10.6 Å². The van der Waals surface area contributed by atoms with Gasteiger partial charge in [-0.2, -0.15) is 0 Å². The van der Waals surface area contributed by atoms with E-state index in [1.165, 1.54) is 17.0 Å². The molecular formula is C16H20F2N4S. The van der Waals surface area contributed by atoms with E-state index < -0.39 is 11.6 Å². The van der Waals surface area contributed by atoms with Gasteiger partial charge in [0.15, 0.2) is 5.96 Å². The molecule has 2 rings (SSSR count). The van der Waals surface area contributed by atoms with Gasteiger partial charge < -0.3 is 10.6 Å². The highest BCUT2D eigenvalue weighted by atomic mass is 32.1. The summed E-state index contributed by atoms with van der Waals surface area (Å²) in [5.41, 5.74) is 1.65. The minimum Gasteiger partial charge on any atom is -0.356 e. The van der Waals surface area contributed by atoms with E-state index in [4.69, 9.17) is 0 Å². The van der Waals surface area contributed by atoms with Crippen LogP contribution in [-0.2, 0) is 13.0 Å². The van der Waals surface area contributed by atoms with Crippen LogP contribution in [0.3, 0.4) is 0 Å². The summed E-state index contributed by atoms with van der Waals surface area (Å²) >= 11 is 1.65. The van der Waals surface area contributed by atoms with Gasteiger partial charge in [0.1, 0.15) is 16.6 Å². The molecule has 0 aliphatic heterocycles. The van der Waals surface area contributed by atoms with E-state index in [9.17, 15) is 8.78 Å².